The maximum absolute atomic E-state index is 5.45. The molecule has 0 radical (unpaired) electrons. The SMILES string of the molecule is CCNC(=NCc1cccnc1N1CCOCC1)NCc1sccc1C. The molecule has 1 aliphatic rings. The molecule has 0 saturated carbocycles. The van der Waals surface area contributed by atoms with Gasteiger partial charge in [0.15, 0.2) is 5.96 Å². The summed E-state index contributed by atoms with van der Waals surface area (Å²) in [7, 11) is 0. The number of anilines is 1. The van der Waals surface area contributed by atoms with Crippen LogP contribution in [0.5, 0.6) is 0 Å². The minimum Gasteiger partial charge on any atom is -0.378 e. The number of nitrogens with zero attached hydrogens (tertiary/aromatic N) is 3. The van der Waals surface area contributed by atoms with Crippen molar-refractivity contribution >= 4 is 23.1 Å². The van der Waals surface area contributed by atoms with E-state index in [1.165, 1.54) is 10.4 Å². The molecule has 1 saturated heterocycles. The fourth-order valence-electron chi connectivity index (χ4n) is 2.87. The molecular weight excluding hydrogens is 346 g/mol. The lowest BCUT2D eigenvalue weighted by Gasteiger charge is -2.29. The van der Waals surface area contributed by atoms with Gasteiger partial charge in [0.25, 0.3) is 0 Å². The van der Waals surface area contributed by atoms with E-state index in [0.717, 1.165) is 56.7 Å². The van der Waals surface area contributed by atoms with Gasteiger partial charge < -0.3 is 20.3 Å². The smallest absolute Gasteiger partial charge is 0.191 e. The van der Waals surface area contributed by atoms with Crippen LogP contribution < -0.4 is 15.5 Å². The van der Waals surface area contributed by atoms with Crippen molar-refractivity contribution in [2.24, 2.45) is 4.99 Å². The molecule has 2 aromatic rings. The van der Waals surface area contributed by atoms with Crippen molar-refractivity contribution in [2.45, 2.75) is 26.9 Å². The predicted molar refractivity (Wildman–Crippen MR) is 108 cm³/mol. The molecular formula is C19H27N5OS. The summed E-state index contributed by atoms with van der Waals surface area (Å²) < 4.78 is 5.45. The Morgan fingerprint density at radius 1 is 1.31 bits per heavy atom. The molecule has 2 N–H and O–H groups in total. The molecule has 1 aliphatic heterocycles. The average Bonchev–Trinajstić information content (AvgIpc) is 3.10. The predicted octanol–water partition coefficient (Wildman–Crippen LogP) is 2.54. The number of morpholine rings is 1. The highest BCUT2D eigenvalue weighted by molar-refractivity contribution is 7.10. The highest BCUT2D eigenvalue weighted by Crippen LogP contribution is 2.19. The summed E-state index contributed by atoms with van der Waals surface area (Å²) in [5, 5.41) is 8.88. The van der Waals surface area contributed by atoms with E-state index in [-0.39, 0.29) is 0 Å². The first-order valence-corrected chi connectivity index (χ1v) is 9.97. The van der Waals surface area contributed by atoms with E-state index in [1.54, 1.807) is 11.3 Å². The zero-order valence-electron chi connectivity index (χ0n) is 15.5. The van der Waals surface area contributed by atoms with E-state index in [9.17, 15) is 0 Å². The zero-order valence-corrected chi connectivity index (χ0v) is 16.3. The molecule has 0 amide bonds. The van der Waals surface area contributed by atoms with Gasteiger partial charge in [-0.25, -0.2) is 9.98 Å². The highest BCUT2D eigenvalue weighted by Gasteiger charge is 2.15. The van der Waals surface area contributed by atoms with Crippen molar-refractivity contribution in [1.82, 2.24) is 15.6 Å². The number of aliphatic imine (C=N–C) groups is 1. The Labute approximate surface area is 159 Å². The molecule has 1 fully saturated rings. The number of pyridine rings is 1. The Hall–Kier alpha value is -2.12. The van der Waals surface area contributed by atoms with Crippen LogP contribution >= 0.6 is 11.3 Å². The fourth-order valence-corrected chi connectivity index (χ4v) is 3.71. The van der Waals surface area contributed by atoms with E-state index in [0.29, 0.717) is 6.54 Å². The number of hydrogen-bond acceptors (Lipinski definition) is 5. The number of aromatic nitrogens is 1. The molecule has 6 nitrogen and oxygen atoms in total. The Morgan fingerprint density at radius 3 is 2.88 bits per heavy atom. The average molecular weight is 374 g/mol. The van der Waals surface area contributed by atoms with E-state index in [1.807, 2.05) is 12.3 Å². The first kappa shape index (κ1) is 18.7. The van der Waals surface area contributed by atoms with Crippen LogP contribution in [-0.2, 0) is 17.8 Å². The normalized spacial score (nSPS) is 15.2. The van der Waals surface area contributed by atoms with E-state index in [4.69, 9.17) is 9.73 Å². The van der Waals surface area contributed by atoms with Gasteiger partial charge >= 0.3 is 0 Å². The summed E-state index contributed by atoms with van der Waals surface area (Å²) in [6.07, 6.45) is 1.85. The van der Waals surface area contributed by atoms with Crippen LogP contribution in [0.2, 0.25) is 0 Å². The van der Waals surface area contributed by atoms with Crippen molar-refractivity contribution < 1.29 is 4.74 Å². The third-order valence-corrected chi connectivity index (χ3v) is 5.34. The molecule has 0 aromatic carbocycles. The monoisotopic (exact) mass is 373 g/mol. The molecule has 3 heterocycles. The second-order valence-electron chi connectivity index (χ2n) is 6.16. The summed E-state index contributed by atoms with van der Waals surface area (Å²) in [5.74, 6) is 1.85. The van der Waals surface area contributed by atoms with Crippen molar-refractivity contribution in [3.63, 3.8) is 0 Å². The molecule has 0 spiro atoms. The zero-order chi connectivity index (χ0) is 18.2. The van der Waals surface area contributed by atoms with Gasteiger partial charge in [0.2, 0.25) is 0 Å². The van der Waals surface area contributed by atoms with Crippen LogP contribution in [-0.4, -0.2) is 43.8 Å². The lowest BCUT2D eigenvalue weighted by atomic mass is 10.2. The first-order valence-electron chi connectivity index (χ1n) is 9.09. The number of rotatable bonds is 6. The molecule has 26 heavy (non-hydrogen) atoms. The second kappa shape index (κ2) is 9.54. The summed E-state index contributed by atoms with van der Waals surface area (Å²) >= 11 is 1.77. The molecule has 0 bridgehead atoms. The van der Waals surface area contributed by atoms with Gasteiger partial charge in [0.1, 0.15) is 5.82 Å². The summed E-state index contributed by atoms with van der Waals surface area (Å²) in [5.41, 5.74) is 2.46. The summed E-state index contributed by atoms with van der Waals surface area (Å²) in [6.45, 7) is 9.70. The van der Waals surface area contributed by atoms with Crippen LogP contribution in [0.3, 0.4) is 0 Å². The lowest BCUT2D eigenvalue weighted by Crippen LogP contribution is -2.38. The molecule has 3 rings (SSSR count). The molecule has 2 aromatic heterocycles. The molecule has 7 heteroatoms. The van der Waals surface area contributed by atoms with E-state index in [2.05, 4.69) is 51.9 Å². The third kappa shape index (κ3) is 4.95. The number of hydrogen-bond donors (Lipinski definition) is 2. The Morgan fingerprint density at radius 2 is 2.15 bits per heavy atom. The second-order valence-corrected chi connectivity index (χ2v) is 7.16. The van der Waals surface area contributed by atoms with Crippen LogP contribution in [0.1, 0.15) is 22.9 Å². The molecule has 0 aliphatic carbocycles. The van der Waals surface area contributed by atoms with Gasteiger partial charge in [-0.05, 0) is 36.9 Å². The van der Waals surface area contributed by atoms with Crippen molar-refractivity contribution in [3.8, 4) is 0 Å². The summed E-state index contributed by atoms with van der Waals surface area (Å²) in [6, 6.07) is 6.23. The van der Waals surface area contributed by atoms with Gasteiger partial charge in [0, 0.05) is 36.3 Å². The van der Waals surface area contributed by atoms with Crippen molar-refractivity contribution in [3.05, 3.63) is 45.8 Å². The van der Waals surface area contributed by atoms with Crippen LogP contribution in [0, 0.1) is 6.92 Å². The standard InChI is InChI=1S/C19H27N5OS/c1-3-20-19(23-14-17-15(2)6-12-26-17)22-13-16-5-4-7-21-18(16)24-8-10-25-11-9-24/h4-7,12H,3,8-11,13-14H2,1-2H3,(H2,20,22,23). The number of aryl methyl sites for hydroxylation is 1. The van der Waals surface area contributed by atoms with Crippen LogP contribution in [0.25, 0.3) is 0 Å². The minimum atomic E-state index is 0.597. The van der Waals surface area contributed by atoms with Crippen LogP contribution in [0.15, 0.2) is 34.8 Å². The maximum Gasteiger partial charge on any atom is 0.191 e. The van der Waals surface area contributed by atoms with Gasteiger partial charge in [-0.2, -0.15) is 0 Å². The Kier molecular flexibility index (Phi) is 6.85. The van der Waals surface area contributed by atoms with Gasteiger partial charge in [0.05, 0.1) is 26.3 Å². The fraction of sp³-hybridized carbons (Fsp3) is 0.474. The highest BCUT2D eigenvalue weighted by atomic mass is 32.1. The molecule has 0 atom stereocenters. The topological polar surface area (TPSA) is 61.8 Å². The van der Waals surface area contributed by atoms with E-state index >= 15 is 0 Å². The van der Waals surface area contributed by atoms with Gasteiger partial charge in [-0.15, -0.1) is 11.3 Å². The third-order valence-electron chi connectivity index (χ3n) is 4.31. The van der Waals surface area contributed by atoms with Crippen molar-refractivity contribution in [2.75, 3.05) is 37.7 Å². The maximum atomic E-state index is 5.45. The molecule has 0 unspecified atom stereocenters. The number of thiophene rings is 1. The van der Waals surface area contributed by atoms with Crippen molar-refractivity contribution in [1.29, 1.82) is 0 Å². The Bertz CT molecular complexity index is 724. The van der Waals surface area contributed by atoms with Crippen LogP contribution in [0.4, 0.5) is 5.82 Å². The summed E-state index contributed by atoms with van der Waals surface area (Å²) in [4.78, 5) is 13.0. The number of ether oxygens (including phenoxy) is 1. The Balaban J connectivity index is 1.68. The van der Waals surface area contributed by atoms with Gasteiger partial charge in [-0.3, -0.25) is 0 Å². The quantitative estimate of drug-likeness (QED) is 0.602. The first-order chi connectivity index (χ1) is 12.8. The number of guanidine groups is 1. The largest absolute Gasteiger partial charge is 0.378 e. The lowest BCUT2D eigenvalue weighted by molar-refractivity contribution is 0.122. The van der Waals surface area contributed by atoms with Gasteiger partial charge in [-0.1, -0.05) is 6.07 Å². The van der Waals surface area contributed by atoms with E-state index < -0.39 is 0 Å². The molecule has 140 valence electrons. The minimum absolute atomic E-state index is 0.597. The number of nitrogens with one attached hydrogen (secondary N) is 2.